The number of hydrogen-bond donors (Lipinski definition) is 1. The molecule has 0 aromatic rings. The second-order valence-electron chi connectivity index (χ2n) is 5.86. The smallest absolute Gasteiger partial charge is 0.217 e. The number of rotatable bonds is 1. The highest BCUT2D eigenvalue weighted by molar-refractivity contribution is 5.73. The van der Waals surface area contributed by atoms with Crippen LogP contribution in [0.15, 0.2) is 0 Å². The number of carbonyl (C=O) groups excluding carboxylic acids is 1. The summed E-state index contributed by atoms with van der Waals surface area (Å²) in [7, 11) is 0. The average Bonchev–Trinajstić information content (AvgIpc) is 2.35. The summed E-state index contributed by atoms with van der Waals surface area (Å²) >= 11 is 0. The maximum Gasteiger partial charge on any atom is 0.217 e. The molecule has 0 aromatic heterocycles. The molecule has 3 atom stereocenters. The Morgan fingerprint density at radius 3 is 2.36 bits per heavy atom. The van der Waals surface area contributed by atoms with Gasteiger partial charge in [0.25, 0.3) is 0 Å². The third kappa shape index (κ3) is 1.06. The van der Waals surface area contributed by atoms with Gasteiger partial charge in [-0.3, -0.25) is 4.79 Å². The van der Waals surface area contributed by atoms with Crippen LogP contribution < -0.4 is 5.32 Å². The Balaban J connectivity index is 2.23. The minimum absolute atomic E-state index is 0.125. The van der Waals surface area contributed by atoms with Crippen molar-refractivity contribution < 1.29 is 4.79 Å². The molecule has 2 saturated carbocycles. The standard InChI is InChI=1S/C12H21NO/c1-8(14)13-10-7-9-5-6-12(10,4)11(9,2)3/h9-10H,5-7H2,1-4H3,(H,13,14)/t9-,10-,12+/m1/s1. The predicted molar refractivity (Wildman–Crippen MR) is 56.8 cm³/mol. The SMILES string of the molecule is CC(=O)N[C@@H]1C[C@H]2CC[C@]1(C)C2(C)C. The summed E-state index contributed by atoms with van der Waals surface area (Å²) in [6.07, 6.45) is 3.80. The monoisotopic (exact) mass is 195 g/mol. The summed E-state index contributed by atoms with van der Waals surface area (Å²) in [6.45, 7) is 8.71. The van der Waals surface area contributed by atoms with Gasteiger partial charge in [0.05, 0.1) is 0 Å². The van der Waals surface area contributed by atoms with E-state index in [1.807, 2.05) is 0 Å². The molecular weight excluding hydrogens is 174 g/mol. The first kappa shape index (κ1) is 10.0. The molecule has 2 aliphatic rings. The van der Waals surface area contributed by atoms with Gasteiger partial charge in [0.15, 0.2) is 0 Å². The number of nitrogens with one attached hydrogen (secondary N) is 1. The van der Waals surface area contributed by atoms with Crippen LogP contribution in [0, 0.1) is 16.7 Å². The van der Waals surface area contributed by atoms with Gasteiger partial charge in [-0.15, -0.1) is 0 Å². The number of fused-ring (bicyclic) bond motifs is 2. The zero-order chi connectivity index (χ0) is 10.6. The second kappa shape index (κ2) is 2.74. The van der Waals surface area contributed by atoms with E-state index in [4.69, 9.17) is 0 Å². The van der Waals surface area contributed by atoms with Gasteiger partial charge in [0.2, 0.25) is 5.91 Å². The van der Waals surface area contributed by atoms with Gasteiger partial charge in [-0.2, -0.15) is 0 Å². The van der Waals surface area contributed by atoms with Crippen LogP contribution in [0.5, 0.6) is 0 Å². The third-order valence-corrected chi connectivity index (χ3v) is 5.17. The van der Waals surface area contributed by atoms with Crippen LogP contribution in [-0.4, -0.2) is 11.9 Å². The van der Waals surface area contributed by atoms with E-state index in [1.165, 1.54) is 19.3 Å². The van der Waals surface area contributed by atoms with E-state index in [1.54, 1.807) is 6.92 Å². The zero-order valence-corrected chi connectivity index (χ0v) is 9.68. The minimum Gasteiger partial charge on any atom is -0.353 e. The Bertz CT molecular complexity index is 271. The molecule has 0 unspecified atom stereocenters. The van der Waals surface area contributed by atoms with Crippen molar-refractivity contribution in [3.63, 3.8) is 0 Å². The molecule has 0 aromatic carbocycles. The van der Waals surface area contributed by atoms with Gasteiger partial charge in [-0.05, 0) is 36.0 Å². The van der Waals surface area contributed by atoms with E-state index in [2.05, 4.69) is 26.1 Å². The van der Waals surface area contributed by atoms with Gasteiger partial charge in [-0.25, -0.2) is 0 Å². The van der Waals surface area contributed by atoms with Crippen molar-refractivity contribution in [2.75, 3.05) is 0 Å². The zero-order valence-electron chi connectivity index (χ0n) is 9.68. The molecule has 1 amide bonds. The van der Waals surface area contributed by atoms with Crippen LogP contribution in [0.1, 0.15) is 47.0 Å². The highest BCUT2D eigenvalue weighted by Crippen LogP contribution is 2.65. The predicted octanol–water partition coefficient (Wildman–Crippen LogP) is 2.34. The molecule has 0 spiro atoms. The van der Waals surface area contributed by atoms with Crippen LogP contribution in [0.2, 0.25) is 0 Å². The number of amides is 1. The third-order valence-electron chi connectivity index (χ3n) is 5.17. The maximum atomic E-state index is 11.1. The molecule has 0 heterocycles. The van der Waals surface area contributed by atoms with Crippen molar-refractivity contribution in [2.24, 2.45) is 16.7 Å². The van der Waals surface area contributed by atoms with Crippen molar-refractivity contribution in [1.82, 2.24) is 5.32 Å². The topological polar surface area (TPSA) is 29.1 Å². The van der Waals surface area contributed by atoms with Crippen LogP contribution in [0.4, 0.5) is 0 Å². The Labute approximate surface area is 86.5 Å². The van der Waals surface area contributed by atoms with E-state index in [9.17, 15) is 4.79 Å². The highest BCUT2D eigenvalue weighted by atomic mass is 16.1. The Morgan fingerprint density at radius 2 is 2.00 bits per heavy atom. The normalized spacial score (nSPS) is 44.0. The molecule has 0 saturated heterocycles. The molecule has 2 fully saturated rings. The molecule has 2 rings (SSSR count). The van der Waals surface area contributed by atoms with Crippen molar-refractivity contribution in [2.45, 2.75) is 53.0 Å². The van der Waals surface area contributed by atoms with Crippen LogP contribution in [-0.2, 0) is 4.79 Å². The largest absolute Gasteiger partial charge is 0.353 e. The average molecular weight is 195 g/mol. The number of carbonyl (C=O) groups is 1. The van der Waals surface area contributed by atoms with Gasteiger partial charge < -0.3 is 5.32 Å². The number of hydrogen-bond acceptors (Lipinski definition) is 1. The van der Waals surface area contributed by atoms with Crippen molar-refractivity contribution in [3.05, 3.63) is 0 Å². The molecule has 80 valence electrons. The molecule has 2 nitrogen and oxygen atoms in total. The van der Waals surface area contributed by atoms with Gasteiger partial charge >= 0.3 is 0 Å². The maximum absolute atomic E-state index is 11.1. The molecule has 0 radical (unpaired) electrons. The van der Waals surface area contributed by atoms with Crippen molar-refractivity contribution in [3.8, 4) is 0 Å². The molecule has 0 aliphatic heterocycles. The summed E-state index contributed by atoms with van der Waals surface area (Å²) in [6, 6.07) is 0.411. The van der Waals surface area contributed by atoms with Crippen molar-refractivity contribution >= 4 is 5.91 Å². The molecule has 2 aliphatic carbocycles. The van der Waals surface area contributed by atoms with E-state index in [0.29, 0.717) is 16.9 Å². The summed E-state index contributed by atoms with van der Waals surface area (Å²) in [4.78, 5) is 11.1. The lowest BCUT2D eigenvalue weighted by Crippen LogP contribution is -2.46. The highest BCUT2D eigenvalue weighted by Gasteiger charge is 2.61. The molecule has 2 heteroatoms. The second-order valence-corrected chi connectivity index (χ2v) is 5.86. The van der Waals surface area contributed by atoms with E-state index in [0.717, 1.165) is 5.92 Å². The Kier molecular flexibility index (Phi) is 1.96. The van der Waals surface area contributed by atoms with Gasteiger partial charge in [-0.1, -0.05) is 20.8 Å². The molecule has 2 bridgehead atoms. The fourth-order valence-corrected chi connectivity index (χ4v) is 3.67. The molecule has 14 heavy (non-hydrogen) atoms. The van der Waals surface area contributed by atoms with Gasteiger partial charge in [0.1, 0.15) is 0 Å². The van der Waals surface area contributed by atoms with E-state index in [-0.39, 0.29) is 5.91 Å². The first-order valence-electron chi connectivity index (χ1n) is 5.65. The lowest BCUT2D eigenvalue weighted by Gasteiger charge is -2.39. The van der Waals surface area contributed by atoms with E-state index >= 15 is 0 Å². The van der Waals surface area contributed by atoms with Crippen LogP contribution >= 0.6 is 0 Å². The first-order chi connectivity index (χ1) is 6.38. The van der Waals surface area contributed by atoms with Gasteiger partial charge in [0, 0.05) is 13.0 Å². The Morgan fingerprint density at radius 1 is 1.36 bits per heavy atom. The van der Waals surface area contributed by atoms with Crippen LogP contribution in [0.25, 0.3) is 0 Å². The summed E-state index contributed by atoms with van der Waals surface area (Å²) in [5, 5.41) is 3.13. The lowest BCUT2D eigenvalue weighted by molar-refractivity contribution is -0.120. The van der Waals surface area contributed by atoms with Crippen molar-refractivity contribution in [1.29, 1.82) is 0 Å². The Hall–Kier alpha value is -0.530. The minimum atomic E-state index is 0.125. The first-order valence-corrected chi connectivity index (χ1v) is 5.65. The fourth-order valence-electron chi connectivity index (χ4n) is 3.67. The quantitative estimate of drug-likeness (QED) is 0.683. The molecule has 1 N–H and O–H groups in total. The summed E-state index contributed by atoms with van der Waals surface area (Å²) < 4.78 is 0. The summed E-state index contributed by atoms with van der Waals surface area (Å²) in [5.74, 6) is 0.934. The molecular formula is C12H21NO. The fraction of sp³-hybridized carbons (Fsp3) is 0.917. The van der Waals surface area contributed by atoms with Crippen LogP contribution in [0.3, 0.4) is 0 Å². The summed E-state index contributed by atoms with van der Waals surface area (Å²) in [5.41, 5.74) is 0.726. The lowest BCUT2D eigenvalue weighted by atomic mass is 9.69. The van der Waals surface area contributed by atoms with E-state index < -0.39 is 0 Å².